The van der Waals surface area contributed by atoms with Crippen molar-refractivity contribution < 1.29 is 19.4 Å². The molecule has 0 aromatic heterocycles. The molecule has 0 saturated carbocycles. The van der Waals surface area contributed by atoms with Crippen LogP contribution in [-0.4, -0.2) is 60.4 Å². The van der Waals surface area contributed by atoms with Crippen LogP contribution in [0, 0.1) is 6.92 Å². The first-order valence-corrected chi connectivity index (χ1v) is 11.0. The SMILES string of the molecule is CCOc1cccc(C2/C(=C(/O)c3ccc(Br)c(C)c3)C(=O)C(=O)N2CCN(C)C)c1. The fourth-order valence-corrected chi connectivity index (χ4v) is 3.90. The van der Waals surface area contributed by atoms with Gasteiger partial charge in [0.15, 0.2) is 0 Å². The van der Waals surface area contributed by atoms with Crippen molar-refractivity contribution in [1.29, 1.82) is 0 Å². The molecule has 1 heterocycles. The number of aryl methyl sites for hydroxylation is 1. The van der Waals surface area contributed by atoms with Crippen LogP contribution in [0.2, 0.25) is 0 Å². The molecule has 0 aliphatic carbocycles. The van der Waals surface area contributed by atoms with Crippen LogP contribution in [0.15, 0.2) is 52.5 Å². The minimum atomic E-state index is -0.690. The number of rotatable bonds is 7. The average Bonchev–Trinajstić information content (AvgIpc) is 2.99. The van der Waals surface area contributed by atoms with E-state index in [2.05, 4.69) is 15.9 Å². The summed E-state index contributed by atoms with van der Waals surface area (Å²) < 4.78 is 6.52. The average molecular weight is 487 g/mol. The third-order valence-corrected chi connectivity index (χ3v) is 6.13. The van der Waals surface area contributed by atoms with Gasteiger partial charge in [-0.1, -0.05) is 34.1 Å². The zero-order valence-electron chi connectivity index (χ0n) is 18.2. The van der Waals surface area contributed by atoms with Crippen molar-refractivity contribution in [2.24, 2.45) is 0 Å². The first-order valence-electron chi connectivity index (χ1n) is 10.2. The first kappa shape index (κ1) is 23.0. The maximum Gasteiger partial charge on any atom is 0.295 e. The highest BCUT2D eigenvalue weighted by Crippen LogP contribution is 2.40. The lowest BCUT2D eigenvalue weighted by molar-refractivity contribution is -0.140. The summed E-state index contributed by atoms with van der Waals surface area (Å²) in [6.45, 7) is 5.25. The second-order valence-corrected chi connectivity index (χ2v) is 8.62. The van der Waals surface area contributed by atoms with Crippen molar-refractivity contribution >= 4 is 33.4 Å². The van der Waals surface area contributed by atoms with Crippen molar-refractivity contribution in [2.45, 2.75) is 19.9 Å². The van der Waals surface area contributed by atoms with Gasteiger partial charge in [-0.2, -0.15) is 0 Å². The molecule has 1 aliphatic rings. The van der Waals surface area contributed by atoms with E-state index < -0.39 is 17.7 Å². The summed E-state index contributed by atoms with van der Waals surface area (Å²) >= 11 is 3.45. The zero-order valence-corrected chi connectivity index (χ0v) is 19.8. The van der Waals surface area contributed by atoms with Gasteiger partial charge >= 0.3 is 0 Å². The minimum absolute atomic E-state index is 0.0964. The van der Waals surface area contributed by atoms with E-state index in [-0.39, 0.29) is 11.3 Å². The Labute approximate surface area is 191 Å². The molecule has 31 heavy (non-hydrogen) atoms. The number of hydrogen-bond donors (Lipinski definition) is 1. The molecule has 1 fully saturated rings. The van der Waals surface area contributed by atoms with Gasteiger partial charge < -0.3 is 19.6 Å². The van der Waals surface area contributed by atoms with Gasteiger partial charge in [0.05, 0.1) is 18.2 Å². The molecule has 0 spiro atoms. The molecular weight excluding hydrogens is 460 g/mol. The van der Waals surface area contributed by atoms with Crippen molar-refractivity contribution in [3.63, 3.8) is 0 Å². The number of nitrogens with zero attached hydrogens (tertiary/aromatic N) is 2. The number of carbonyl (C=O) groups is 2. The predicted octanol–water partition coefficient (Wildman–Crippen LogP) is 4.14. The van der Waals surface area contributed by atoms with Crippen LogP contribution < -0.4 is 4.74 Å². The van der Waals surface area contributed by atoms with Crippen LogP contribution in [-0.2, 0) is 9.59 Å². The Morgan fingerprint density at radius 2 is 1.94 bits per heavy atom. The number of aliphatic hydroxyl groups excluding tert-OH is 1. The van der Waals surface area contributed by atoms with Crippen molar-refractivity contribution in [3.8, 4) is 5.75 Å². The Morgan fingerprint density at radius 3 is 2.58 bits per heavy atom. The maximum absolute atomic E-state index is 13.1. The largest absolute Gasteiger partial charge is 0.507 e. The summed E-state index contributed by atoms with van der Waals surface area (Å²) in [6.07, 6.45) is 0. The van der Waals surface area contributed by atoms with Gasteiger partial charge in [-0.15, -0.1) is 0 Å². The number of benzene rings is 2. The number of hydrogen-bond acceptors (Lipinski definition) is 5. The molecule has 6 nitrogen and oxygen atoms in total. The number of likely N-dealkylation sites (N-methyl/N-ethyl adjacent to an activating group) is 1. The molecule has 2 aromatic rings. The molecule has 1 amide bonds. The third kappa shape index (κ3) is 4.83. The standard InChI is InChI=1S/C24H27BrN2O4/c1-5-31-18-8-6-7-16(14-18)21-20(22(28)17-9-10-19(25)15(2)13-17)23(29)24(30)27(21)12-11-26(3)4/h6-10,13-14,21,28H,5,11-12H2,1-4H3/b22-20-. The number of likely N-dealkylation sites (tertiary alicyclic amines) is 1. The monoisotopic (exact) mass is 486 g/mol. The number of ketones is 1. The van der Waals surface area contributed by atoms with E-state index in [0.717, 1.165) is 15.6 Å². The van der Waals surface area contributed by atoms with Crippen molar-refractivity contribution in [1.82, 2.24) is 9.80 Å². The summed E-state index contributed by atoms with van der Waals surface area (Å²) in [5.74, 6) is -0.807. The van der Waals surface area contributed by atoms with Gasteiger partial charge in [-0.3, -0.25) is 9.59 Å². The lowest BCUT2D eigenvalue weighted by Crippen LogP contribution is -2.35. The van der Waals surface area contributed by atoms with Crippen molar-refractivity contribution in [3.05, 3.63) is 69.2 Å². The van der Waals surface area contributed by atoms with E-state index in [4.69, 9.17) is 4.74 Å². The Hall–Kier alpha value is -2.64. The Kier molecular flexibility index (Phi) is 7.18. The van der Waals surface area contributed by atoms with E-state index >= 15 is 0 Å². The molecule has 1 saturated heterocycles. The summed E-state index contributed by atoms with van der Waals surface area (Å²) in [5.41, 5.74) is 2.23. The highest BCUT2D eigenvalue weighted by atomic mass is 79.9. The number of halogens is 1. The summed E-state index contributed by atoms with van der Waals surface area (Å²) in [6, 6.07) is 12.0. The zero-order chi connectivity index (χ0) is 22.7. The van der Waals surface area contributed by atoms with Crippen LogP contribution >= 0.6 is 15.9 Å². The van der Waals surface area contributed by atoms with E-state index in [9.17, 15) is 14.7 Å². The normalized spacial score (nSPS) is 18.1. The van der Waals surface area contributed by atoms with Crippen molar-refractivity contribution in [2.75, 3.05) is 33.8 Å². The molecule has 1 atom stereocenters. The topological polar surface area (TPSA) is 70.1 Å². The molecule has 2 aromatic carbocycles. The number of Topliss-reactive ketones (excluding diaryl/α,β-unsaturated/α-hetero) is 1. The van der Waals surface area contributed by atoms with Gasteiger partial charge in [0.1, 0.15) is 11.5 Å². The molecular formula is C24H27BrN2O4. The lowest BCUT2D eigenvalue weighted by Gasteiger charge is -2.27. The second kappa shape index (κ2) is 9.66. The molecule has 0 bridgehead atoms. The summed E-state index contributed by atoms with van der Waals surface area (Å²) in [5, 5.41) is 11.1. The molecule has 0 radical (unpaired) electrons. The molecule has 1 N–H and O–H groups in total. The predicted molar refractivity (Wildman–Crippen MR) is 124 cm³/mol. The number of carbonyl (C=O) groups excluding carboxylic acids is 2. The van der Waals surface area contributed by atoms with Gasteiger partial charge in [-0.25, -0.2) is 0 Å². The Balaban J connectivity index is 2.16. The van der Waals surface area contributed by atoms with Crippen LogP contribution in [0.4, 0.5) is 0 Å². The van der Waals surface area contributed by atoms with Crippen LogP contribution in [0.25, 0.3) is 5.76 Å². The van der Waals surface area contributed by atoms with Gasteiger partial charge in [0, 0.05) is 23.1 Å². The molecule has 1 aliphatic heterocycles. The maximum atomic E-state index is 13.1. The summed E-state index contributed by atoms with van der Waals surface area (Å²) in [7, 11) is 3.82. The quantitative estimate of drug-likeness (QED) is 0.361. The van der Waals surface area contributed by atoms with Gasteiger partial charge in [0.2, 0.25) is 0 Å². The minimum Gasteiger partial charge on any atom is -0.507 e. The van der Waals surface area contributed by atoms with Crippen LogP contribution in [0.5, 0.6) is 5.75 Å². The fraction of sp³-hybridized carbons (Fsp3) is 0.333. The Bertz CT molecular complexity index is 1030. The lowest BCUT2D eigenvalue weighted by atomic mass is 9.94. The smallest absolute Gasteiger partial charge is 0.295 e. The van der Waals surface area contributed by atoms with Gasteiger partial charge in [-0.05, 0) is 63.3 Å². The second-order valence-electron chi connectivity index (χ2n) is 7.77. The van der Waals surface area contributed by atoms with Crippen LogP contribution in [0.3, 0.4) is 0 Å². The molecule has 1 unspecified atom stereocenters. The summed E-state index contributed by atoms with van der Waals surface area (Å²) in [4.78, 5) is 29.5. The highest BCUT2D eigenvalue weighted by Gasteiger charge is 2.46. The van der Waals surface area contributed by atoms with Crippen LogP contribution in [0.1, 0.15) is 29.7 Å². The van der Waals surface area contributed by atoms with Gasteiger partial charge in [0.25, 0.3) is 11.7 Å². The van der Waals surface area contributed by atoms with E-state index in [1.165, 1.54) is 4.90 Å². The number of ether oxygens (including phenoxy) is 1. The van der Waals surface area contributed by atoms with E-state index in [1.54, 1.807) is 12.1 Å². The van der Waals surface area contributed by atoms with E-state index in [1.807, 2.05) is 63.2 Å². The number of amides is 1. The first-order chi connectivity index (χ1) is 14.7. The third-order valence-electron chi connectivity index (χ3n) is 5.24. The fourth-order valence-electron chi connectivity index (χ4n) is 3.65. The molecule has 7 heteroatoms. The molecule has 3 rings (SSSR count). The van der Waals surface area contributed by atoms with E-state index in [0.29, 0.717) is 31.0 Å². The molecule has 164 valence electrons. The number of aliphatic hydroxyl groups is 1. The highest BCUT2D eigenvalue weighted by molar-refractivity contribution is 9.10. The Morgan fingerprint density at radius 1 is 1.19 bits per heavy atom.